The smallest absolute Gasteiger partial charge is 0.427 e. The highest BCUT2D eigenvalue weighted by Crippen LogP contribution is 2.58. The van der Waals surface area contributed by atoms with Gasteiger partial charge in [-0.3, -0.25) is 23.9 Å². The van der Waals surface area contributed by atoms with Crippen LogP contribution in [0, 0.1) is 29.1 Å². The van der Waals surface area contributed by atoms with Crippen LogP contribution in [0.3, 0.4) is 0 Å². The Morgan fingerprint density at radius 3 is 2.41 bits per heavy atom. The molecule has 1 N–H and O–H groups in total. The van der Waals surface area contributed by atoms with E-state index in [0.29, 0.717) is 57.4 Å². The quantitative estimate of drug-likeness (QED) is 0.147. The van der Waals surface area contributed by atoms with Crippen LogP contribution in [0.5, 0.6) is 5.88 Å². The molecule has 0 unspecified atom stereocenters. The highest BCUT2D eigenvalue weighted by molar-refractivity contribution is 7.91. The van der Waals surface area contributed by atoms with E-state index >= 15 is 4.79 Å². The number of alkyl halides is 4. The molecule has 346 valence electrons. The third-order valence-corrected chi connectivity index (χ3v) is 16.1. The number of morpholine rings is 1. The fourth-order valence-corrected chi connectivity index (χ4v) is 11.0. The van der Waals surface area contributed by atoms with E-state index in [-0.39, 0.29) is 44.0 Å². The molecule has 5 aliphatic rings. The molecule has 3 aliphatic heterocycles. The molecule has 2 saturated carbocycles. The fraction of sp³-hybridized carbons (Fsp3) is 0.667. The number of halogens is 4. The second kappa shape index (κ2) is 17.9. The molecule has 1 aromatic carbocycles. The lowest BCUT2D eigenvalue weighted by Gasteiger charge is -2.34. The third-order valence-electron chi connectivity index (χ3n) is 14.0. The number of esters is 1. The Labute approximate surface area is 365 Å². The molecular weight excluding hydrogens is 849 g/mol. The van der Waals surface area contributed by atoms with E-state index in [0.717, 1.165) is 24.9 Å². The minimum Gasteiger partial charge on any atom is -0.472 e. The summed E-state index contributed by atoms with van der Waals surface area (Å²) in [7, 11) is -4.42. The lowest BCUT2D eigenvalue weighted by molar-refractivity contribution is -0.257. The van der Waals surface area contributed by atoms with Crippen molar-refractivity contribution < 1.29 is 59.4 Å². The predicted octanol–water partition coefficient (Wildman–Crippen LogP) is 6.63. The fourth-order valence-electron chi connectivity index (χ4n) is 9.52. The van der Waals surface area contributed by atoms with E-state index < -0.39 is 105 Å². The van der Waals surface area contributed by atoms with Crippen LogP contribution >= 0.6 is 0 Å². The first-order chi connectivity index (χ1) is 29.7. The van der Waals surface area contributed by atoms with Gasteiger partial charge in [0.25, 0.3) is 0 Å². The Morgan fingerprint density at radius 1 is 1.06 bits per heavy atom. The number of carbonyl (C=O) groups is 4. The number of ketones is 1. The molecule has 0 bridgehead atoms. The highest BCUT2D eigenvalue weighted by atomic mass is 32.2. The van der Waals surface area contributed by atoms with Crippen molar-refractivity contribution in [3.8, 4) is 5.88 Å². The minimum atomic E-state index is -4.89. The number of pyridine rings is 1. The van der Waals surface area contributed by atoms with Gasteiger partial charge in [-0.05, 0) is 76.2 Å². The maximum Gasteiger partial charge on any atom is 0.427 e. The zero-order chi connectivity index (χ0) is 45.5. The molecule has 4 fully saturated rings. The average molecular weight is 907 g/mol. The molecule has 2 aromatic rings. The van der Waals surface area contributed by atoms with Crippen molar-refractivity contribution in [2.45, 2.75) is 121 Å². The second-order valence-electron chi connectivity index (χ2n) is 18.7. The Kier molecular flexibility index (Phi) is 13.3. The van der Waals surface area contributed by atoms with Gasteiger partial charge in [-0.15, -0.1) is 0 Å². The maximum absolute atomic E-state index is 15.1. The van der Waals surface area contributed by atoms with Crippen molar-refractivity contribution in [3.05, 3.63) is 42.6 Å². The summed E-state index contributed by atoms with van der Waals surface area (Å²) >= 11 is 0. The number of carbonyl (C=O) groups excluding carboxylic acids is 4. The number of fused-ring (bicyclic) bond motifs is 3. The SMILES string of the molecule is CC[C@@H]1C[C@@H](C)CC/C=C\[C@@H]2C[C@@]2(C(=O)NS(=O)(=O)C2(CF)CC2)CC(=O)[C@@H]2C[C@@H](Oc3ncc(N4CCOCC4)c4ccccc34)CN2C(=O)[C@H]1CC(=O)OC(C)(C)C(F)(F)F. The van der Waals surface area contributed by atoms with Crippen LogP contribution in [0.4, 0.5) is 23.2 Å². The van der Waals surface area contributed by atoms with E-state index in [1.165, 1.54) is 4.90 Å². The molecule has 2 amide bonds. The van der Waals surface area contributed by atoms with E-state index in [9.17, 15) is 40.4 Å². The third kappa shape index (κ3) is 9.57. The number of rotatable bonds is 11. The molecule has 7 atom stereocenters. The van der Waals surface area contributed by atoms with Crippen LogP contribution in [0.15, 0.2) is 42.6 Å². The molecule has 13 nitrogen and oxygen atoms in total. The number of sulfonamides is 1. The van der Waals surface area contributed by atoms with Crippen LogP contribution in [-0.2, 0) is 38.7 Å². The lowest BCUT2D eigenvalue weighted by Crippen LogP contribution is -2.49. The first-order valence-electron chi connectivity index (χ1n) is 22.0. The first-order valence-corrected chi connectivity index (χ1v) is 23.5. The maximum atomic E-state index is 15.1. The Morgan fingerprint density at radius 2 is 1.76 bits per heavy atom. The lowest BCUT2D eigenvalue weighted by atomic mass is 9.79. The zero-order valence-corrected chi connectivity index (χ0v) is 37.1. The van der Waals surface area contributed by atoms with Crippen molar-refractivity contribution in [2.75, 3.05) is 44.4 Å². The number of benzene rings is 1. The van der Waals surface area contributed by atoms with Crippen molar-refractivity contribution in [2.24, 2.45) is 29.1 Å². The largest absolute Gasteiger partial charge is 0.472 e. The van der Waals surface area contributed by atoms with E-state index in [2.05, 4.69) is 9.62 Å². The summed E-state index contributed by atoms with van der Waals surface area (Å²) in [5, 5.41) is 1.55. The number of hydrogen-bond donors (Lipinski definition) is 1. The van der Waals surface area contributed by atoms with Gasteiger partial charge in [0.05, 0.1) is 55.4 Å². The summed E-state index contributed by atoms with van der Waals surface area (Å²) in [6.45, 7) is 6.41. The van der Waals surface area contributed by atoms with Crippen LogP contribution in [0.1, 0.15) is 91.9 Å². The summed E-state index contributed by atoms with van der Waals surface area (Å²) in [6.07, 6.45) is 0.763. The number of ether oxygens (including phenoxy) is 3. The van der Waals surface area contributed by atoms with Gasteiger partial charge in [0.2, 0.25) is 33.3 Å². The number of anilines is 1. The van der Waals surface area contributed by atoms with Gasteiger partial charge in [-0.25, -0.2) is 17.8 Å². The number of aromatic nitrogens is 1. The summed E-state index contributed by atoms with van der Waals surface area (Å²) in [6, 6.07) is 6.31. The standard InChI is InChI=1S/C45H58F4N4O9S/c1-5-29-20-28(2)10-6-7-11-30-23-44(30,41(57)51-63(58,59)43(27-46)14-15-43)24-37(54)35-21-31(26-53(35)40(56)34(29)22-38(55)62-42(3,4)45(47,48)49)61-39-33-13-9-8-12-32(33)36(25-50-39)52-16-18-60-19-17-52/h7-9,11-13,25,28-31,34-35H,5-6,10,14-24,26-27H2,1-4H3,(H,51,57)/b11-7-/t28-,29+,30+,31+,34-,35-,44+/m0/s1. The number of allylic oxidation sites excluding steroid dienone is 2. The summed E-state index contributed by atoms with van der Waals surface area (Å²) in [4.78, 5) is 65.6. The second-order valence-corrected chi connectivity index (χ2v) is 20.8. The number of Topliss-reactive ketones (excluding diaryl/α,β-unsaturated/α-hetero) is 1. The van der Waals surface area contributed by atoms with Gasteiger partial charge in [-0.1, -0.05) is 50.6 Å². The molecule has 1 aromatic heterocycles. The van der Waals surface area contributed by atoms with E-state index in [1.807, 2.05) is 50.3 Å². The molecule has 63 heavy (non-hydrogen) atoms. The highest BCUT2D eigenvalue weighted by Gasteiger charge is 2.64. The number of nitrogens with one attached hydrogen (secondary N) is 1. The molecular formula is C45H58F4N4O9S. The number of hydrogen-bond acceptors (Lipinski definition) is 11. The molecule has 7 rings (SSSR count). The van der Waals surface area contributed by atoms with Crippen molar-refractivity contribution in [1.82, 2.24) is 14.6 Å². The monoisotopic (exact) mass is 906 g/mol. The molecule has 0 spiro atoms. The summed E-state index contributed by atoms with van der Waals surface area (Å²) in [5.74, 6) is -5.27. The predicted molar refractivity (Wildman–Crippen MR) is 225 cm³/mol. The van der Waals surface area contributed by atoms with Crippen LogP contribution < -0.4 is 14.4 Å². The summed E-state index contributed by atoms with van der Waals surface area (Å²) in [5.41, 5.74) is -3.46. The van der Waals surface area contributed by atoms with Gasteiger partial charge < -0.3 is 24.0 Å². The molecule has 18 heteroatoms. The first kappa shape index (κ1) is 46.7. The van der Waals surface area contributed by atoms with E-state index in [1.54, 1.807) is 6.20 Å². The van der Waals surface area contributed by atoms with Crippen LogP contribution in [-0.4, -0.2) is 110 Å². The Balaban J connectivity index is 1.24. The molecule has 4 heterocycles. The average Bonchev–Trinajstić information content (AvgIpc) is 4.14. The number of nitrogens with zero attached hydrogens (tertiary/aromatic N) is 3. The van der Waals surface area contributed by atoms with E-state index in [4.69, 9.17) is 19.2 Å². The Bertz CT molecular complexity index is 2210. The molecule has 2 saturated heterocycles. The molecule has 0 radical (unpaired) electrons. The Hall–Kier alpha value is -4.32. The van der Waals surface area contributed by atoms with Crippen LogP contribution in [0.2, 0.25) is 0 Å². The van der Waals surface area contributed by atoms with Crippen LogP contribution in [0.25, 0.3) is 10.8 Å². The van der Waals surface area contributed by atoms with Crippen molar-refractivity contribution >= 4 is 50.1 Å². The topological polar surface area (TPSA) is 162 Å². The normalized spacial score (nSPS) is 29.8. The minimum absolute atomic E-state index is 0.0117. The summed E-state index contributed by atoms with van der Waals surface area (Å²) < 4.78 is 99.7. The van der Waals surface area contributed by atoms with Crippen molar-refractivity contribution in [3.63, 3.8) is 0 Å². The van der Waals surface area contributed by atoms with Gasteiger partial charge in [0.1, 0.15) is 17.5 Å². The van der Waals surface area contributed by atoms with Gasteiger partial charge in [0.15, 0.2) is 5.78 Å². The van der Waals surface area contributed by atoms with Gasteiger partial charge in [-0.2, -0.15) is 13.2 Å². The van der Waals surface area contributed by atoms with Gasteiger partial charge >= 0.3 is 12.1 Å². The zero-order valence-electron chi connectivity index (χ0n) is 36.3. The number of amides is 2. The van der Waals surface area contributed by atoms with Crippen molar-refractivity contribution in [1.29, 1.82) is 0 Å². The van der Waals surface area contributed by atoms with Gasteiger partial charge in [0, 0.05) is 36.7 Å². The molecule has 2 aliphatic carbocycles.